The molecule has 18 heavy (non-hydrogen) atoms. The van der Waals surface area contributed by atoms with Gasteiger partial charge < -0.3 is 4.74 Å². The summed E-state index contributed by atoms with van der Waals surface area (Å²) in [6.07, 6.45) is 4.63. The number of esters is 1. The second-order valence-corrected chi connectivity index (χ2v) is 5.25. The highest BCUT2D eigenvalue weighted by Gasteiger charge is 2.34. The van der Waals surface area contributed by atoms with Crippen LogP contribution in [0.1, 0.15) is 37.3 Å². The van der Waals surface area contributed by atoms with Gasteiger partial charge in [0.2, 0.25) is 0 Å². The van der Waals surface area contributed by atoms with Gasteiger partial charge in [0.1, 0.15) is 6.04 Å². The second kappa shape index (κ2) is 5.11. The molecule has 0 spiro atoms. The van der Waals surface area contributed by atoms with E-state index in [0.717, 1.165) is 6.42 Å². The van der Waals surface area contributed by atoms with Crippen molar-refractivity contribution >= 4 is 5.97 Å². The highest BCUT2D eigenvalue weighted by molar-refractivity contribution is 5.77. The zero-order chi connectivity index (χ0) is 12.4. The third-order valence-electron chi connectivity index (χ3n) is 4.10. The molecular weight excluding hydrogens is 226 g/mol. The van der Waals surface area contributed by atoms with E-state index in [2.05, 4.69) is 29.6 Å². The molecule has 96 valence electrons. The Morgan fingerprint density at radius 3 is 2.50 bits per heavy atom. The first kappa shape index (κ1) is 11.7. The van der Waals surface area contributed by atoms with Gasteiger partial charge in [-0.1, -0.05) is 36.8 Å². The zero-order valence-corrected chi connectivity index (χ0v) is 10.5. The Hall–Kier alpha value is -1.35. The smallest absolute Gasteiger partial charge is 0.323 e. The van der Waals surface area contributed by atoms with Gasteiger partial charge in [-0.25, -0.2) is 0 Å². The Morgan fingerprint density at radius 2 is 1.94 bits per heavy atom. The molecule has 0 amide bonds. The first-order chi connectivity index (χ1) is 8.84. The van der Waals surface area contributed by atoms with E-state index in [4.69, 9.17) is 4.74 Å². The molecule has 1 aromatic rings. The van der Waals surface area contributed by atoms with E-state index >= 15 is 0 Å². The van der Waals surface area contributed by atoms with Gasteiger partial charge in [-0.15, -0.1) is 0 Å². The predicted octanol–water partition coefficient (Wildman–Crippen LogP) is 2.43. The first-order valence-corrected chi connectivity index (χ1v) is 6.82. The van der Waals surface area contributed by atoms with Gasteiger partial charge in [0.05, 0.1) is 6.61 Å². The average Bonchev–Trinajstić information content (AvgIpc) is 2.73. The number of cyclic esters (lactones) is 1. The molecule has 3 heteroatoms. The maximum absolute atomic E-state index is 11.6. The van der Waals surface area contributed by atoms with Gasteiger partial charge in [-0.3, -0.25) is 10.1 Å². The quantitative estimate of drug-likeness (QED) is 0.828. The molecule has 1 saturated heterocycles. The van der Waals surface area contributed by atoms with Crippen LogP contribution >= 0.6 is 0 Å². The van der Waals surface area contributed by atoms with E-state index in [9.17, 15) is 4.79 Å². The van der Waals surface area contributed by atoms with Gasteiger partial charge in [0, 0.05) is 12.5 Å². The molecule has 0 aromatic heterocycles. The van der Waals surface area contributed by atoms with Gasteiger partial charge >= 0.3 is 5.97 Å². The molecule has 1 saturated carbocycles. The second-order valence-electron chi connectivity index (χ2n) is 5.25. The molecule has 1 aliphatic carbocycles. The molecule has 2 atom stereocenters. The lowest BCUT2D eigenvalue weighted by Crippen LogP contribution is -2.41. The fourth-order valence-corrected chi connectivity index (χ4v) is 2.80. The summed E-state index contributed by atoms with van der Waals surface area (Å²) >= 11 is 0. The molecule has 3 rings (SSSR count). The summed E-state index contributed by atoms with van der Waals surface area (Å²) in [6, 6.07) is 10.6. The van der Waals surface area contributed by atoms with Crippen LogP contribution in [0.25, 0.3) is 0 Å². The van der Waals surface area contributed by atoms with Crippen LogP contribution in [0.15, 0.2) is 30.3 Å². The number of carbonyl (C=O) groups excluding carboxylic acids is 1. The fraction of sp³-hybridized carbons (Fsp3) is 0.533. The van der Waals surface area contributed by atoms with Crippen molar-refractivity contribution in [3.8, 4) is 0 Å². The molecule has 2 aliphatic rings. The third kappa shape index (κ3) is 2.27. The van der Waals surface area contributed by atoms with Crippen molar-refractivity contribution in [1.29, 1.82) is 0 Å². The third-order valence-corrected chi connectivity index (χ3v) is 4.10. The minimum Gasteiger partial charge on any atom is -0.464 e. The van der Waals surface area contributed by atoms with Crippen molar-refractivity contribution in [3.63, 3.8) is 0 Å². The predicted molar refractivity (Wildman–Crippen MR) is 69.0 cm³/mol. The van der Waals surface area contributed by atoms with Crippen LogP contribution in [0.5, 0.6) is 0 Å². The van der Waals surface area contributed by atoms with E-state index in [1.54, 1.807) is 0 Å². The summed E-state index contributed by atoms with van der Waals surface area (Å²) in [5.74, 6) is 0.580. The first-order valence-electron chi connectivity index (χ1n) is 6.82. The van der Waals surface area contributed by atoms with Gasteiger partial charge in [0.25, 0.3) is 0 Å². The molecule has 0 unspecified atom stereocenters. The monoisotopic (exact) mass is 245 g/mol. The highest BCUT2D eigenvalue weighted by atomic mass is 16.5. The van der Waals surface area contributed by atoms with Crippen LogP contribution < -0.4 is 5.32 Å². The van der Waals surface area contributed by atoms with Gasteiger partial charge in [-0.05, 0) is 24.3 Å². The summed E-state index contributed by atoms with van der Waals surface area (Å²) in [5, 5.41) is 3.51. The van der Waals surface area contributed by atoms with E-state index in [0.29, 0.717) is 18.6 Å². The van der Waals surface area contributed by atoms with E-state index in [-0.39, 0.29) is 12.0 Å². The summed E-state index contributed by atoms with van der Waals surface area (Å²) in [6.45, 7) is 0.558. The van der Waals surface area contributed by atoms with Crippen molar-refractivity contribution in [1.82, 2.24) is 5.32 Å². The molecule has 0 bridgehead atoms. The van der Waals surface area contributed by atoms with Crippen LogP contribution in [-0.2, 0) is 9.53 Å². The maximum Gasteiger partial charge on any atom is 0.323 e. The number of hydrogen-bond acceptors (Lipinski definition) is 3. The Bertz CT molecular complexity index is 414. The summed E-state index contributed by atoms with van der Waals surface area (Å²) in [7, 11) is 0. The van der Waals surface area contributed by atoms with E-state index in [1.807, 2.05) is 6.07 Å². The molecule has 1 N–H and O–H groups in total. The molecule has 3 nitrogen and oxygen atoms in total. The number of rotatable bonds is 4. The summed E-state index contributed by atoms with van der Waals surface area (Å²) in [5.41, 5.74) is 1.29. The summed E-state index contributed by atoms with van der Waals surface area (Å²) in [4.78, 5) is 11.6. The molecule has 1 aromatic carbocycles. The molecule has 1 aliphatic heterocycles. The van der Waals surface area contributed by atoms with E-state index < -0.39 is 0 Å². The van der Waals surface area contributed by atoms with Crippen molar-refractivity contribution in [3.05, 3.63) is 35.9 Å². The lowest BCUT2D eigenvalue weighted by atomic mass is 9.77. The number of ether oxygens (including phenoxy) is 1. The lowest BCUT2D eigenvalue weighted by molar-refractivity contribution is -0.140. The zero-order valence-electron chi connectivity index (χ0n) is 10.5. The number of nitrogens with one attached hydrogen (secondary N) is 1. The number of carbonyl (C=O) groups is 1. The topological polar surface area (TPSA) is 38.3 Å². The van der Waals surface area contributed by atoms with E-state index in [1.165, 1.54) is 24.8 Å². The van der Waals surface area contributed by atoms with Crippen LogP contribution in [0, 0.1) is 5.92 Å². The molecule has 0 radical (unpaired) electrons. The normalized spacial score (nSPS) is 25.6. The number of hydrogen-bond donors (Lipinski definition) is 1. The van der Waals surface area contributed by atoms with Gasteiger partial charge in [-0.2, -0.15) is 0 Å². The highest BCUT2D eigenvalue weighted by Crippen LogP contribution is 2.38. The maximum atomic E-state index is 11.6. The van der Waals surface area contributed by atoms with Crippen molar-refractivity contribution in [2.75, 3.05) is 6.61 Å². The Kier molecular flexibility index (Phi) is 3.33. The minimum absolute atomic E-state index is 0.0877. The fourth-order valence-electron chi connectivity index (χ4n) is 2.80. The Morgan fingerprint density at radius 1 is 1.17 bits per heavy atom. The number of benzene rings is 1. The van der Waals surface area contributed by atoms with Crippen molar-refractivity contribution in [2.45, 2.75) is 37.8 Å². The standard InChI is InChI=1S/C15H19NO2/c17-15-13(9-10-18-15)16-14(12-7-4-8-12)11-5-2-1-3-6-11/h1-3,5-6,12-14,16H,4,7-10H2/t13-,14+/m0/s1. The SMILES string of the molecule is O=C1OCC[C@@H]1N[C@H](c1ccccc1)C1CCC1. The van der Waals surface area contributed by atoms with Crippen LogP contribution in [-0.4, -0.2) is 18.6 Å². The van der Waals surface area contributed by atoms with Gasteiger partial charge in [0.15, 0.2) is 0 Å². The minimum atomic E-state index is -0.115. The summed E-state index contributed by atoms with van der Waals surface area (Å²) < 4.78 is 5.03. The Labute approximate surface area is 108 Å². The molecular formula is C15H19NO2. The molecule has 2 fully saturated rings. The van der Waals surface area contributed by atoms with Crippen LogP contribution in [0.2, 0.25) is 0 Å². The van der Waals surface area contributed by atoms with Crippen molar-refractivity contribution < 1.29 is 9.53 Å². The average molecular weight is 245 g/mol. The van der Waals surface area contributed by atoms with Crippen molar-refractivity contribution in [2.24, 2.45) is 5.92 Å². The lowest BCUT2D eigenvalue weighted by Gasteiger charge is -2.35. The largest absolute Gasteiger partial charge is 0.464 e. The molecule has 1 heterocycles. The van der Waals surface area contributed by atoms with Crippen LogP contribution in [0.3, 0.4) is 0 Å². The van der Waals surface area contributed by atoms with Crippen LogP contribution in [0.4, 0.5) is 0 Å². The Balaban J connectivity index is 1.75.